The van der Waals surface area contributed by atoms with E-state index in [1.165, 1.54) is 7.05 Å². The van der Waals surface area contributed by atoms with Crippen molar-refractivity contribution >= 4 is 17.5 Å². The first-order valence-corrected chi connectivity index (χ1v) is 6.63. The van der Waals surface area contributed by atoms with Crippen LogP contribution in [0.3, 0.4) is 0 Å². The van der Waals surface area contributed by atoms with E-state index in [-0.39, 0.29) is 0 Å². The third-order valence-corrected chi connectivity index (χ3v) is 3.21. The molecule has 3 N–H and O–H groups in total. The second kappa shape index (κ2) is 6.71. The lowest BCUT2D eigenvalue weighted by atomic mass is 10.2. The lowest BCUT2D eigenvalue weighted by Gasteiger charge is -2.17. The number of carbonyl (C=O) groups is 1. The number of hydrogen-bond acceptors (Lipinski definition) is 4. The Morgan fingerprint density at radius 1 is 1.18 bits per heavy atom. The second-order valence-corrected chi connectivity index (χ2v) is 4.70. The fraction of sp³-hybridized carbons (Fsp3) is 0.188. The van der Waals surface area contributed by atoms with Gasteiger partial charge in [-0.25, -0.2) is 4.79 Å². The molecule has 0 bridgehead atoms. The molecule has 0 saturated carbocycles. The number of benzene rings is 2. The average molecular weight is 302 g/mol. The summed E-state index contributed by atoms with van der Waals surface area (Å²) in [5.74, 6) is 1.33. The summed E-state index contributed by atoms with van der Waals surface area (Å²) in [4.78, 5) is 12.1. The highest BCUT2D eigenvalue weighted by Gasteiger charge is 2.12. The summed E-state index contributed by atoms with van der Waals surface area (Å²) in [6.07, 6.45) is -1.08. The predicted molar refractivity (Wildman–Crippen MR) is 84.6 cm³/mol. The van der Waals surface area contributed by atoms with Gasteiger partial charge in [-0.15, -0.1) is 0 Å². The molecule has 0 aliphatic rings. The number of ether oxygens (including phenoxy) is 2. The van der Waals surface area contributed by atoms with E-state index in [9.17, 15) is 4.79 Å². The first-order valence-electron chi connectivity index (χ1n) is 6.63. The predicted octanol–water partition coefficient (Wildman–Crippen LogP) is 2.97. The topological polar surface area (TPSA) is 85.0 Å². The van der Waals surface area contributed by atoms with Gasteiger partial charge in [0.05, 0.1) is 18.5 Å². The summed E-state index contributed by atoms with van der Waals surface area (Å²) in [6, 6.07) is 12.4. The van der Waals surface area contributed by atoms with E-state index in [0.717, 1.165) is 16.2 Å². The maximum Gasteiger partial charge on any atom is 0.411 e. The molecule has 0 aromatic heterocycles. The quantitative estimate of drug-likeness (QED) is 0.829. The molecule has 2 aromatic rings. The lowest BCUT2D eigenvalue weighted by Crippen LogP contribution is -2.24. The van der Waals surface area contributed by atoms with Crippen LogP contribution in [0.1, 0.15) is 5.56 Å². The molecule has 22 heavy (non-hydrogen) atoms. The van der Waals surface area contributed by atoms with Gasteiger partial charge in [-0.2, -0.15) is 0 Å². The number of methoxy groups -OCH3 is 1. The first-order chi connectivity index (χ1) is 10.5. The second-order valence-electron chi connectivity index (χ2n) is 4.70. The van der Waals surface area contributed by atoms with Gasteiger partial charge in [0.2, 0.25) is 0 Å². The van der Waals surface area contributed by atoms with Crippen LogP contribution in [0.2, 0.25) is 0 Å². The van der Waals surface area contributed by atoms with Gasteiger partial charge in [-0.3, -0.25) is 4.90 Å². The van der Waals surface area contributed by atoms with E-state index in [1.807, 2.05) is 24.3 Å². The van der Waals surface area contributed by atoms with Crippen molar-refractivity contribution in [2.24, 2.45) is 0 Å². The molecule has 0 spiro atoms. The minimum Gasteiger partial charge on any atom is -0.497 e. The molecular weight excluding hydrogens is 284 g/mol. The van der Waals surface area contributed by atoms with Crippen molar-refractivity contribution in [3.63, 3.8) is 0 Å². The Balaban J connectivity index is 2.09. The van der Waals surface area contributed by atoms with Gasteiger partial charge in [-0.05, 0) is 29.8 Å². The summed E-state index contributed by atoms with van der Waals surface area (Å²) in [5, 5.41) is 9.03. The van der Waals surface area contributed by atoms with Gasteiger partial charge >= 0.3 is 6.09 Å². The van der Waals surface area contributed by atoms with E-state index < -0.39 is 6.09 Å². The van der Waals surface area contributed by atoms with Crippen molar-refractivity contribution in [1.82, 2.24) is 0 Å². The highest BCUT2D eigenvalue weighted by molar-refractivity contribution is 5.90. The van der Waals surface area contributed by atoms with E-state index in [4.69, 9.17) is 20.3 Å². The molecule has 1 amide bonds. The maximum atomic E-state index is 11.0. The summed E-state index contributed by atoms with van der Waals surface area (Å²) >= 11 is 0. The lowest BCUT2D eigenvalue weighted by molar-refractivity contribution is 0.203. The molecule has 0 atom stereocenters. The van der Waals surface area contributed by atoms with Crippen LogP contribution in [0.5, 0.6) is 11.5 Å². The van der Waals surface area contributed by atoms with Crippen molar-refractivity contribution in [2.45, 2.75) is 6.61 Å². The molecular formula is C16H18N2O4. The van der Waals surface area contributed by atoms with Crippen LogP contribution in [-0.2, 0) is 6.61 Å². The highest BCUT2D eigenvalue weighted by atomic mass is 16.5. The van der Waals surface area contributed by atoms with Crippen LogP contribution >= 0.6 is 0 Å². The molecule has 6 heteroatoms. The summed E-state index contributed by atoms with van der Waals surface area (Å²) < 4.78 is 10.8. The Morgan fingerprint density at radius 3 is 2.41 bits per heavy atom. The number of nitrogen functional groups attached to an aromatic ring is 1. The van der Waals surface area contributed by atoms with Crippen LogP contribution in [-0.4, -0.2) is 25.4 Å². The van der Waals surface area contributed by atoms with Crippen molar-refractivity contribution in [3.8, 4) is 11.5 Å². The van der Waals surface area contributed by atoms with E-state index in [1.54, 1.807) is 25.3 Å². The van der Waals surface area contributed by atoms with Crippen LogP contribution in [0, 0.1) is 0 Å². The molecule has 0 unspecified atom stereocenters. The molecule has 2 rings (SSSR count). The van der Waals surface area contributed by atoms with Gasteiger partial charge < -0.3 is 20.3 Å². The molecule has 0 fully saturated rings. The Kier molecular flexibility index (Phi) is 4.73. The van der Waals surface area contributed by atoms with E-state index >= 15 is 0 Å². The SMILES string of the molecule is COc1ccc(COc2ccc(N)c(N(C)C(=O)O)c2)cc1. The minimum atomic E-state index is -1.08. The number of nitrogens with two attached hydrogens (primary N) is 1. The average Bonchev–Trinajstić information content (AvgIpc) is 2.53. The summed E-state index contributed by atoms with van der Waals surface area (Å²) in [7, 11) is 3.04. The van der Waals surface area contributed by atoms with Gasteiger partial charge in [0.1, 0.15) is 18.1 Å². The zero-order chi connectivity index (χ0) is 16.1. The van der Waals surface area contributed by atoms with Crippen LogP contribution in [0.25, 0.3) is 0 Å². The maximum absolute atomic E-state index is 11.0. The van der Waals surface area contributed by atoms with Crippen molar-refractivity contribution in [2.75, 3.05) is 24.8 Å². The third-order valence-electron chi connectivity index (χ3n) is 3.21. The van der Waals surface area contributed by atoms with Crippen LogP contribution in [0.15, 0.2) is 42.5 Å². The molecule has 6 nitrogen and oxygen atoms in total. The largest absolute Gasteiger partial charge is 0.497 e. The number of carboxylic acid groups (broad SMARTS) is 1. The van der Waals surface area contributed by atoms with Crippen molar-refractivity contribution in [1.29, 1.82) is 0 Å². The number of anilines is 2. The standard InChI is InChI=1S/C16H18N2O4/c1-18(16(19)20)15-9-13(7-8-14(15)17)22-10-11-3-5-12(21-2)6-4-11/h3-9H,10,17H2,1-2H3,(H,19,20). The number of hydrogen-bond donors (Lipinski definition) is 2. The van der Waals surface area contributed by atoms with E-state index in [0.29, 0.717) is 23.7 Å². The molecule has 0 heterocycles. The fourth-order valence-corrected chi connectivity index (χ4v) is 1.90. The number of amides is 1. The Hall–Kier alpha value is -2.89. The summed E-state index contributed by atoms with van der Waals surface area (Å²) in [6.45, 7) is 0.365. The monoisotopic (exact) mass is 302 g/mol. The van der Waals surface area contributed by atoms with Gasteiger partial charge in [0, 0.05) is 13.1 Å². The van der Waals surface area contributed by atoms with Crippen molar-refractivity contribution in [3.05, 3.63) is 48.0 Å². The molecule has 0 radical (unpaired) electrons. The number of nitrogens with zero attached hydrogens (tertiary/aromatic N) is 1. The Bertz CT molecular complexity index is 656. The van der Waals surface area contributed by atoms with E-state index in [2.05, 4.69) is 0 Å². The summed E-state index contributed by atoms with van der Waals surface area (Å²) in [5.41, 5.74) is 7.54. The fourth-order valence-electron chi connectivity index (χ4n) is 1.90. The third kappa shape index (κ3) is 3.60. The van der Waals surface area contributed by atoms with Gasteiger partial charge in [-0.1, -0.05) is 12.1 Å². The zero-order valence-corrected chi connectivity index (χ0v) is 12.4. The molecule has 0 aliphatic carbocycles. The highest BCUT2D eigenvalue weighted by Crippen LogP contribution is 2.28. The van der Waals surface area contributed by atoms with Crippen LogP contribution in [0.4, 0.5) is 16.2 Å². The number of rotatable bonds is 5. The molecule has 2 aromatic carbocycles. The minimum absolute atomic E-state index is 0.365. The normalized spacial score (nSPS) is 10.1. The first kappa shape index (κ1) is 15.5. The zero-order valence-electron chi connectivity index (χ0n) is 12.4. The van der Waals surface area contributed by atoms with Gasteiger partial charge in [0.15, 0.2) is 0 Å². The molecule has 116 valence electrons. The molecule has 0 aliphatic heterocycles. The van der Waals surface area contributed by atoms with Crippen molar-refractivity contribution < 1.29 is 19.4 Å². The molecule has 0 saturated heterocycles. The van der Waals surface area contributed by atoms with Gasteiger partial charge in [0.25, 0.3) is 0 Å². The Morgan fingerprint density at radius 2 is 1.82 bits per heavy atom. The smallest absolute Gasteiger partial charge is 0.411 e. The Labute approximate surface area is 128 Å². The van der Waals surface area contributed by atoms with Crippen LogP contribution < -0.4 is 20.1 Å².